The van der Waals surface area contributed by atoms with Crippen molar-refractivity contribution < 1.29 is 23.9 Å². The maximum atomic E-state index is 13.0. The number of ether oxygens (including phenoxy) is 1. The van der Waals surface area contributed by atoms with Crippen LogP contribution in [0.1, 0.15) is 54.5 Å². The van der Waals surface area contributed by atoms with Crippen LogP contribution in [-0.4, -0.2) is 64.5 Å². The highest BCUT2D eigenvalue weighted by Gasteiger charge is 2.36. The van der Waals surface area contributed by atoms with E-state index >= 15 is 0 Å². The van der Waals surface area contributed by atoms with E-state index < -0.39 is 18.0 Å². The Bertz CT molecular complexity index is 985. The van der Waals surface area contributed by atoms with E-state index in [-0.39, 0.29) is 23.9 Å². The summed E-state index contributed by atoms with van der Waals surface area (Å²) in [7, 11) is 1.64. The predicted molar refractivity (Wildman–Crippen MR) is 121 cm³/mol. The van der Waals surface area contributed by atoms with Gasteiger partial charge in [0.25, 0.3) is 5.91 Å². The van der Waals surface area contributed by atoms with E-state index in [1.54, 1.807) is 13.3 Å². The molecule has 2 amide bonds. The van der Waals surface area contributed by atoms with Gasteiger partial charge in [0.15, 0.2) is 5.82 Å². The summed E-state index contributed by atoms with van der Waals surface area (Å²) >= 11 is 0. The number of imidazole rings is 1. The second-order valence-electron chi connectivity index (χ2n) is 8.27. The Labute approximate surface area is 192 Å². The van der Waals surface area contributed by atoms with E-state index in [0.29, 0.717) is 25.7 Å². The molecule has 1 saturated heterocycles. The van der Waals surface area contributed by atoms with E-state index in [9.17, 15) is 19.2 Å². The third-order valence-electron chi connectivity index (χ3n) is 5.72. The number of aldehydes is 1. The largest absolute Gasteiger partial charge is 0.497 e. The molecule has 1 fully saturated rings. The molecule has 2 aromatic rings. The van der Waals surface area contributed by atoms with Crippen molar-refractivity contribution in [2.75, 3.05) is 13.7 Å². The van der Waals surface area contributed by atoms with Gasteiger partial charge in [-0.3, -0.25) is 14.4 Å². The topological polar surface area (TPSA) is 121 Å². The van der Waals surface area contributed by atoms with Gasteiger partial charge < -0.3 is 24.7 Å². The lowest BCUT2D eigenvalue weighted by Gasteiger charge is -2.24. The summed E-state index contributed by atoms with van der Waals surface area (Å²) in [5, 5.41) is 2.57. The fourth-order valence-corrected chi connectivity index (χ4v) is 4.01. The summed E-state index contributed by atoms with van der Waals surface area (Å²) in [6.07, 6.45) is 5.83. The third-order valence-corrected chi connectivity index (χ3v) is 5.72. The number of amides is 2. The summed E-state index contributed by atoms with van der Waals surface area (Å²) in [5.41, 5.74) is 2.06. The summed E-state index contributed by atoms with van der Waals surface area (Å²) in [6.45, 7) is 1.79. The number of Topliss-reactive ketones (excluding diaryl/α,β-unsaturated/α-hetero) is 1. The van der Waals surface area contributed by atoms with Gasteiger partial charge in [-0.25, -0.2) is 4.98 Å². The van der Waals surface area contributed by atoms with Gasteiger partial charge in [0, 0.05) is 24.9 Å². The van der Waals surface area contributed by atoms with Crippen LogP contribution in [0, 0.1) is 0 Å². The number of carbonyl (C=O) groups is 4. The first-order valence-electron chi connectivity index (χ1n) is 11.1. The van der Waals surface area contributed by atoms with Gasteiger partial charge in [-0.15, -0.1) is 0 Å². The lowest BCUT2D eigenvalue weighted by atomic mass is 10.1. The molecule has 0 aliphatic carbocycles. The second kappa shape index (κ2) is 11.4. The fourth-order valence-electron chi connectivity index (χ4n) is 4.01. The van der Waals surface area contributed by atoms with Crippen LogP contribution in [0.5, 0.6) is 5.75 Å². The number of aryl methyl sites for hydroxylation is 2. The van der Waals surface area contributed by atoms with E-state index in [4.69, 9.17) is 4.74 Å². The fraction of sp³-hybridized carbons (Fsp3) is 0.458. The van der Waals surface area contributed by atoms with Crippen molar-refractivity contribution in [2.24, 2.45) is 0 Å². The zero-order valence-electron chi connectivity index (χ0n) is 19.0. The van der Waals surface area contributed by atoms with Crippen LogP contribution >= 0.6 is 0 Å². The second-order valence-corrected chi connectivity index (χ2v) is 8.27. The van der Waals surface area contributed by atoms with Crippen LogP contribution in [0.4, 0.5) is 0 Å². The van der Waals surface area contributed by atoms with Gasteiger partial charge >= 0.3 is 0 Å². The standard InChI is InChI=1S/C24H30N4O5/c1-16(30)13-19(15-29)27-23(31)21-7-4-12-28(21)24(32)22-25-14-18(26-22)6-3-5-17-8-10-20(33-2)11-9-17/h8-11,14-15,19,21H,3-7,12-13H2,1-2H3,(H,25,26)(H,27,31)/t19-,21-/m0/s1. The first-order valence-corrected chi connectivity index (χ1v) is 11.1. The Hall–Kier alpha value is -3.49. The number of hydrogen-bond donors (Lipinski definition) is 2. The van der Waals surface area contributed by atoms with Crippen molar-refractivity contribution in [1.29, 1.82) is 0 Å². The van der Waals surface area contributed by atoms with Crippen LogP contribution < -0.4 is 10.1 Å². The number of nitrogens with zero attached hydrogens (tertiary/aromatic N) is 2. The SMILES string of the molecule is COc1ccc(CCCc2cnc(C(=O)N3CCC[C@H]3C(=O)N[C@H](C=O)CC(C)=O)[nH]2)cc1. The molecule has 2 atom stereocenters. The normalized spacial score (nSPS) is 16.3. The Kier molecular flexibility index (Phi) is 8.34. The summed E-state index contributed by atoms with van der Waals surface area (Å²) < 4.78 is 5.17. The molecule has 2 N–H and O–H groups in total. The van der Waals surface area contributed by atoms with Crippen molar-refractivity contribution in [3.63, 3.8) is 0 Å². The minimum Gasteiger partial charge on any atom is -0.497 e. The lowest BCUT2D eigenvalue weighted by molar-refractivity contribution is -0.128. The molecule has 9 heteroatoms. The maximum absolute atomic E-state index is 13.0. The molecule has 3 rings (SSSR count). The van der Waals surface area contributed by atoms with Gasteiger partial charge in [0.05, 0.1) is 13.2 Å². The highest BCUT2D eigenvalue weighted by molar-refractivity contribution is 5.96. The molecule has 1 aliphatic heterocycles. The number of methoxy groups -OCH3 is 1. The molecule has 0 radical (unpaired) electrons. The number of carbonyl (C=O) groups excluding carboxylic acids is 4. The zero-order chi connectivity index (χ0) is 23.8. The third kappa shape index (κ3) is 6.50. The maximum Gasteiger partial charge on any atom is 0.290 e. The van der Waals surface area contributed by atoms with Crippen LogP contribution in [0.15, 0.2) is 30.5 Å². The van der Waals surface area contributed by atoms with Crippen LogP contribution in [-0.2, 0) is 27.2 Å². The minimum atomic E-state index is -0.881. The van der Waals surface area contributed by atoms with Gasteiger partial charge in [0.1, 0.15) is 23.9 Å². The van der Waals surface area contributed by atoms with E-state index in [1.807, 2.05) is 24.3 Å². The minimum absolute atomic E-state index is 0.0615. The molecule has 0 unspecified atom stereocenters. The van der Waals surface area contributed by atoms with E-state index in [2.05, 4.69) is 15.3 Å². The molecule has 1 aromatic heterocycles. The quantitative estimate of drug-likeness (QED) is 0.500. The molecular formula is C24H30N4O5. The first kappa shape index (κ1) is 24.2. The molecular weight excluding hydrogens is 424 g/mol. The van der Waals surface area contributed by atoms with E-state index in [0.717, 1.165) is 30.7 Å². The van der Waals surface area contributed by atoms with Crippen molar-refractivity contribution in [3.8, 4) is 5.75 Å². The molecule has 0 spiro atoms. The molecule has 1 aliphatic rings. The van der Waals surface area contributed by atoms with Gasteiger partial charge in [-0.1, -0.05) is 12.1 Å². The van der Waals surface area contributed by atoms with Crippen LogP contribution in [0.25, 0.3) is 0 Å². The molecule has 0 saturated carbocycles. The van der Waals surface area contributed by atoms with Gasteiger partial charge in [-0.2, -0.15) is 0 Å². The molecule has 9 nitrogen and oxygen atoms in total. The number of hydrogen-bond acceptors (Lipinski definition) is 6. The summed E-state index contributed by atoms with van der Waals surface area (Å²) in [4.78, 5) is 56.8. The van der Waals surface area contributed by atoms with Crippen LogP contribution in [0.3, 0.4) is 0 Å². The molecule has 2 heterocycles. The van der Waals surface area contributed by atoms with Crippen molar-refractivity contribution in [3.05, 3.63) is 47.5 Å². The average Bonchev–Trinajstić information content (AvgIpc) is 3.48. The highest BCUT2D eigenvalue weighted by atomic mass is 16.5. The first-order chi connectivity index (χ1) is 15.9. The number of aromatic nitrogens is 2. The van der Waals surface area contributed by atoms with Crippen molar-refractivity contribution >= 4 is 23.9 Å². The molecule has 33 heavy (non-hydrogen) atoms. The number of nitrogens with one attached hydrogen (secondary N) is 2. The van der Waals surface area contributed by atoms with Crippen molar-refractivity contribution in [2.45, 2.75) is 57.5 Å². The van der Waals surface area contributed by atoms with Crippen LogP contribution in [0.2, 0.25) is 0 Å². The number of likely N-dealkylation sites (tertiary alicyclic amines) is 1. The predicted octanol–water partition coefficient (Wildman–Crippen LogP) is 1.86. The molecule has 1 aromatic carbocycles. The number of rotatable bonds is 11. The van der Waals surface area contributed by atoms with Crippen molar-refractivity contribution in [1.82, 2.24) is 20.2 Å². The summed E-state index contributed by atoms with van der Waals surface area (Å²) in [5.74, 6) is 0.0605. The Morgan fingerprint density at radius 3 is 2.70 bits per heavy atom. The summed E-state index contributed by atoms with van der Waals surface area (Å²) in [6, 6.07) is 6.37. The highest BCUT2D eigenvalue weighted by Crippen LogP contribution is 2.20. The molecule has 0 bridgehead atoms. The zero-order valence-corrected chi connectivity index (χ0v) is 19.0. The van der Waals surface area contributed by atoms with Gasteiger partial charge in [0.2, 0.25) is 5.91 Å². The smallest absolute Gasteiger partial charge is 0.290 e. The number of H-pyrrole nitrogens is 1. The van der Waals surface area contributed by atoms with E-state index in [1.165, 1.54) is 17.4 Å². The Morgan fingerprint density at radius 1 is 1.27 bits per heavy atom. The lowest BCUT2D eigenvalue weighted by Crippen LogP contribution is -2.49. The van der Waals surface area contributed by atoms with Gasteiger partial charge in [-0.05, 0) is 56.7 Å². The number of ketones is 1. The Morgan fingerprint density at radius 2 is 2.03 bits per heavy atom. The Balaban J connectivity index is 1.55. The number of benzene rings is 1. The molecule has 176 valence electrons. The monoisotopic (exact) mass is 454 g/mol. The average molecular weight is 455 g/mol. The number of aromatic amines is 1.